The molecule has 0 fully saturated rings. The summed E-state index contributed by atoms with van der Waals surface area (Å²) in [7, 11) is 0. The summed E-state index contributed by atoms with van der Waals surface area (Å²) in [4.78, 5) is 0. The van der Waals surface area contributed by atoms with Crippen molar-refractivity contribution in [2.45, 2.75) is 13.0 Å². The molecule has 2 aromatic rings. The SMILES string of the molecule is Cc1cc(Cl)ccc1OC(CN)c1ccc(F)cc1. The van der Waals surface area contributed by atoms with Crippen molar-refractivity contribution >= 4 is 11.6 Å². The number of halogens is 2. The van der Waals surface area contributed by atoms with Crippen molar-refractivity contribution in [1.82, 2.24) is 0 Å². The molecule has 0 aromatic heterocycles. The monoisotopic (exact) mass is 279 g/mol. The van der Waals surface area contributed by atoms with Crippen molar-refractivity contribution in [3.8, 4) is 5.75 Å². The number of nitrogens with two attached hydrogens (primary N) is 1. The minimum atomic E-state index is -0.305. The summed E-state index contributed by atoms with van der Waals surface area (Å²) >= 11 is 5.90. The van der Waals surface area contributed by atoms with Crippen LogP contribution in [0.3, 0.4) is 0 Å². The van der Waals surface area contributed by atoms with Crippen LogP contribution in [0.5, 0.6) is 5.75 Å². The van der Waals surface area contributed by atoms with E-state index < -0.39 is 0 Å². The van der Waals surface area contributed by atoms with E-state index in [0.29, 0.717) is 11.6 Å². The standard InChI is InChI=1S/C15H15ClFNO/c1-10-8-12(16)4-7-14(10)19-15(9-18)11-2-5-13(17)6-3-11/h2-8,15H,9,18H2,1H3. The minimum Gasteiger partial charge on any atom is -0.484 e. The predicted molar refractivity (Wildman–Crippen MR) is 75.0 cm³/mol. The highest BCUT2D eigenvalue weighted by Gasteiger charge is 2.13. The Labute approximate surface area is 117 Å². The summed E-state index contributed by atoms with van der Waals surface area (Å²) in [6.45, 7) is 2.23. The smallest absolute Gasteiger partial charge is 0.136 e. The highest BCUT2D eigenvalue weighted by atomic mass is 35.5. The summed E-state index contributed by atoms with van der Waals surface area (Å²) in [5.74, 6) is 0.450. The number of hydrogen-bond acceptors (Lipinski definition) is 2. The molecule has 0 radical (unpaired) electrons. The molecule has 0 amide bonds. The maximum absolute atomic E-state index is 12.9. The normalized spacial score (nSPS) is 12.2. The van der Waals surface area contributed by atoms with Crippen molar-refractivity contribution in [2.24, 2.45) is 5.73 Å². The molecule has 0 aliphatic rings. The first kappa shape index (κ1) is 13.8. The molecule has 1 unspecified atom stereocenters. The van der Waals surface area contributed by atoms with Gasteiger partial charge in [-0.15, -0.1) is 0 Å². The van der Waals surface area contributed by atoms with E-state index >= 15 is 0 Å². The number of ether oxygens (including phenoxy) is 1. The van der Waals surface area contributed by atoms with Crippen molar-refractivity contribution < 1.29 is 9.13 Å². The molecule has 2 nitrogen and oxygen atoms in total. The number of benzene rings is 2. The Balaban J connectivity index is 2.21. The Kier molecular flexibility index (Phi) is 4.40. The van der Waals surface area contributed by atoms with Gasteiger partial charge in [0.15, 0.2) is 0 Å². The van der Waals surface area contributed by atoms with Crippen molar-refractivity contribution in [3.63, 3.8) is 0 Å². The van der Waals surface area contributed by atoms with Crippen LogP contribution in [0.25, 0.3) is 0 Å². The van der Waals surface area contributed by atoms with E-state index in [2.05, 4.69) is 0 Å². The Morgan fingerprint density at radius 1 is 1.21 bits per heavy atom. The van der Waals surface area contributed by atoms with E-state index in [1.165, 1.54) is 12.1 Å². The van der Waals surface area contributed by atoms with Crippen LogP contribution >= 0.6 is 11.6 Å². The molecule has 4 heteroatoms. The third-order valence-corrected chi connectivity index (χ3v) is 3.10. The Morgan fingerprint density at radius 3 is 2.47 bits per heavy atom. The molecule has 0 spiro atoms. The molecule has 2 N–H and O–H groups in total. The fourth-order valence-electron chi connectivity index (χ4n) is 1.83. The van der Waals surface area contributed by atoms with Gasteiger partial charge in [0.05, 0.1) is 0 Å². The molecule has 0 saturated carbocycles. The molecule has 0 saturated heterocycles. The van der Waals surface area contributed by atoms with Crippen molar-refractivity contribution in [2.75, 3.05) is 6.54 Å². The molecule has 100 valence electrons. The van der Waals surface area contributed by atoms with Crippen LogP contribution < -0.4 is 10.5 Å². The molecule has 19 heavy (non-hydrogen) atoms. The van der Waals surface area contributed by atoms with Crippen LogP contribution in [0.15, 0.2) is 42.5 Å². The molecule has 0 aliphatic heterocycles. The summed E-state index contributed by atoms with van der Waals surface area (Å²) in [6, 6.07) is 11.6. The summed E-state index contributed by atoms with van der Waals surface area (Å²) in [5.41, 5.74) is 7.51. The second-order valence-electron chi connectivity index (χ2n) is 4.30. The van der Waals surface area contributed by atoms with Gasteiger partial charge >= 0.3 is 0 Å². The second-order valence-corrected chi connectivity index (χ2v) is 4.74. The van der Waals surface area contributed by atoms with Gasteiger partial charge in [0, 0.05) is 11.6 Å². The molecular formula is C15H15ClFNO. The first-order valence-corrected chi connectivity index (χ1v) is 6.36. The van der Waals surface area contributed by atoms with Gasteiger partial charge in [-0.2, -0.15) is 0 Å². The van der Waals surface area contributed by atoms with Gasteiger partial charge in [-0.05, 0) is 48.4 Å². The fourth-order valence-corrected chi connectivity index (χ4v) is 2.05. The molecule has 2 aromatic carbocycles. The van der Waals surface area contributed by atoms with Gasteiger partial charge in [-0.25, -0.2) is 4.39 Å². The topological polar surface area (TPSA) is 35.2 Å². The Bertz CT molecular complexity index is 557. The molecule has 0 heterocycles. The molecule has 0 aliphatic carbocycles. The third kappa shape index (κ3) is 3.46. The first-order valence-electron chi connectivity index (χ1n) is 5.98. The van der Waals surface area contributed by atoms with E-state index in [0.717, 1.165) is 16.9 Å². The van der Waals surface area contributed by atoms with Gasteiger partial charge in [-0.1, -0.05) is 23.7 Å². The molecular weight excluding hydrogens is 265 g/mol. The van der Waals surface area contributed by atoms with E-state index in [-0.39, 0.29) is 11.9 Å². The van der Waals surface area contributed by atoms with Gasteiger partial charge in [-0.3, -0.25) is 0 Å². The average Bonchev–Trinajstić information content (AvgIpc) is 2.39. The zero-order valence-electron chi connectivity index (χ0n) is 10.6. The van der Waals surface area contributed by atoms with Crippen LogP contribution in [0.1, 0.15) is 17.2 Å². The van der Waals surface area contributed by atoms with Gasteiger partial charge in [0.25, 0.3) is 0 Å². The number of hydrogen-bond donors (Lipinski definition) is 1. The quantitative estimate of drug-likeness (QED) is 0.922. The van der Waals surface area contributed by atoms with E-state index in [4.69, 9.17) is 22.1 Å². The largest absolute Gasteiger partial charge is 0.484 e. The lowest BCUT2D eigenvalue weighted by atomic mass is 10.1. The summed E-state index contributed by atoms with van der Waals surface area (Å²) < 4.78 is 18.8. The number of aryl methyl sites for hydroxylation is 1. The molecule has 0 bridgehead atoms. The van der Waals surface area contributed by atoms with Gasteiger partial charge < -0.3 is 10.5 Å². The Morgan fingerprint density at radius 2 is 1.89 bits per heavy atom. The van der Waals surface area contributed by atoms with Crippen molar-refractivity contribution in [1.29, 1.82) is 0 Å². The predicted octanol–water partition coefficient (Wildman–Crippen LogP) is 3.87. The van der Waals surface area contributed by atoms with Crippen LogP contribution in [-0.4, -0.2) is 6.54 Å². The molecule has 2 rings (SSSR count). The average molecular weight is 280 g/mol. The lowest BCUT2D eigenvalue weighted by Crippen LogP contribution is -2.18. The zero-order valence-corrected chi connectivity index (χ0v) is 11.3. The summed E-state index contributed by atoms with van der Waals surface area (Å²) in [6.07, 6.45) is -0.305. The van der Waals surface area contributed by atoms with Gasteiger partial charge in [0.1, 0.15) is 17.7 Å². The minimum absolute atomic E-state index is 0.276. The third-order valence-electron chi connectivity index (χ3n) is 2.86. The van der Waals surface area contributed by atoms with Crippen LogP contribution in [-0.2, 0) is 0 Å². The van der Waals surface area contributed by atoms with Crippen LogP contribution in [0, 0.1) is 12.7 Å². The second kappa shape index (κ2) is 6.04. The summed E-state index contributed by atoms with van der Waals surface area (Å²) in [5, 5.41) is 0.663. The lowest BCUT2D eigenvalue weighted by molar-refractivity contribution is 0.212. The van der Waals surface area contributed by atoms with E-state index in [1.807, 2.05) is 19.1 Å². The highest BCUT2D eigenvalue weighted by Crippen LogP contribution is 2.27. The van der Waals surface area contributed by atoms with Crippen LogP contribution in [0.2, 0.25) is 5.02 Å². The Hall–Kier alpha value is -1.58. The van der Waals surface area contributed by atoms with E-state index in [9.17, 15) is 4.39 Å². The first-order chi connectivity index (χ1) is 9.10. The van der Waals surface area contributed by atoms with Crippen LogP contribution in [0.4, 0.5) is 4.39 Å². The fraction of sp³-hybridized carbons (Fsp3) is 0.200. The number of rotatable bonds is 4. The van der Waals surface area contributed by atoms with E-state index in [1.54, 1.807) is 18.2 Å². The maximum atomic E-state index is 12.9. The highest BCUT2D eigenvalue weighted by molar-refractivity contribution is 6.30. The van der Waals surface area contributed by atoms with Gasteiger partial charge in [0.2, 0.25) is 0 Å². The zero-order chi connectivity index (χ0) is 13.8. The molecule has 1 atom stereocenters. The van der Waals surface area contributed by atoms with Crippen molar-refractivity contribution in [3.05, 3.63) is 64.4 Å². The maximum Gasteiger partial charge on any atom is 0.136 e. The lowest BCUT2D eigenvalue weighted by Gasteiger charge is -2.19.